The highest BCUT2D eigenvalue weighted by Gasteiger charge is 2.31. The minimum atomic E-state index is -0.297. The van der Waals surface area contributed by atoms with E-state index in [1.54, 1.807) is 0 Å². The molecule has 0 aromatic heterocycles. The van der Waals surface area contributed by atoms with Gasteiger partial charge in [0.15, 0.2) is 0 Å². The maximum atomic E-state index is 11.2. The van der Waals surface area contributed by atoms with Gasteiger partial charge < -0.3 is 4.74 Å². The number of cyclic esters (lactones) is 1. The Kier molecular flexibility index (Phi) is 2.91. The molecule has 1 atom stereocenters. The predicted octanol–water partition coefficient (Wildman–Crippen LogP) is 1.52. The van der Waals surface area contributed by atoms with Gasteiger partial charge in [-0.1, -0.05) is 19.3 Å². The second kappa shape index (κ2) is 4.17. The summed E-state index contributed by atoms with van der Waals surface area (Å²) in [6.45, 7) is 0.816. The number of hydrogen-bond acceptors (Lipinski definition) is 3. The summed E-state index contributed by atoms with van der Waals surface area (Å²) in [5.74, 6) is 0.581. The van der Waals surface area contributed by atoms with E-state index in [-0.39, 0.29) is 12.2 Å². The molecule has 4 heteroatoms. The van der Waals surface area contributed by atoms with Crippen molar-refractivity contribution in [3.8, 4) is 0 Å². The molecule has 0 aromatic carbocycles. The van der Waals surface area contributed by atoms with E-state index in [0.717, 1.165) is 6.54 Å². The number of carbonyl (C=O) groups is 1. The Labute approximate surface area is 84.6 Å². The zero-order valence-electron chi connectivity index (χ0n) is 8.66. The number of nitrogens with zero attached hydrogens (tertiary/aromatic N) is 1. The van der Waals surface area contributed by atoms with E-state index < -0.39 is 0 Å². The van der Waals surface area contributed by atoms with Gasteiger partial charge in [-0.25, -0.2) is 9.80 Å². The number of hydrazine groups is 1. The third kappa shape index (κ3) is 2.18. The van der Waals surface area contributed by atoms with Crippen molar-refractivity contribution >= 4 is 6.09 Å². The van der Waals surface area contributed by atoms with Crippen LogP contribution < -0.4 is 5.43 Å². The van der Waals surface area contributed by atoms with Crippen molar-refractivity contribution in [2.75, 3.05) is 13.6 Å². The van der Waals surface area contributed by atoms with Crippen molar-refractivity contribution in [2.45, 2.75) is 38.2 Å². The molecule has 1 aliphatic heterocycles. The first-order chi connectivity index (χ1) is 6.75. The van der Waals surface area contributed by atoms with E-state index in [4.69, 9.17) is 4.74 Å². The molecule has 1 unspecified atom stereocenters. The van der Waals surface area contributed by atoms with E-state index in [9.17, 15) is 4.79 Å². The summed E-state index contributed by atoms with van der Waals surface area (Å²) in [4.78, 5) is 11.2. The van der Waals surface area contributed by atoms with Gasteiger partial charge in [0.05, 0.1) is 6.54 Å². The lowest BCUT2D eigenvalue weighted by Gasteiger charge is -2.36. The van der Waals surface area contributed by atoms with Crippen LogP contribution in [-0.2, 0) is 4.74 Å². The quantitative estimate of drug-likeness (QED) is 0.694. The predicted molar refractivity (Wildman–Crippen MR) is 52.6 cm³/mol. The van der Waals surface area contributed by atoms with Crippen LogP contribution in [0, 0.1) is 5.92 Å². The van der Waals surface area contributed by atoms with Crippen LogP contribution in [-0.4, -0.2) is 30.8 Å². The Morgan fingerprint density at radius 1 is 1.36 bits per heavy atom. The van der Waals surface area contributed by atoms with Crippen LogP contribution in [0.15, 0.2) is 0 Å². The molecule has 1 N–H and O–H groups in total. The molecule has 1 heterocycles. The van der Waals surface area contributed by atoms with Gasteiger partial charge in [0.1, 0.15) is 6.10 Å². The molecule has 2 rings (SSSR count). The first-order valence-corrected chi connectivity index (χ1v) is 5.44. The van der Waals surface area contributed by atoms with E-state index in [1.807, 2.05) is 12.1 Å². The zero-order valence-corrected chi connectivity index (χ0v) is 8.66. The standard InChI is InChI=1S/C10H18N2O2/c1-12-7-9(14-10(13)11-12)8-5-3-2-4-6-8/h8-9H,2-7H2,1H3,(H,11,13). The molecule has 1 aliphatic carbocycles. The van der Waals surface area contributed by atoms with E-state index in [1.165, 1.54) is 32.1 Å². The largest absolute Gasteiger partial charge is 0.444 e. The number of nitrogens with one attached hydrogen (secondary N) is 1. The van der Waals surface area contributed by atoms with Crippen LogP contribution in [0.1, 0.15) is 32.1 Å². The molecule has 2 fully saturated rings. The van der Waals surface area contributed by atoms with Crippen molar-refractivity contribution < 1.29 is 9.53 Å². The Morgan fingerprint density at radius 2 is 2.07 bits per heavy atom. The zero-order chi connectivity index (χ0) is 9.97. The minimum absolute atomic E-state index is 0.106. The lowest BCUT2D eigenvalue weighted by molar-refractivity contribution is -0.0218. The monoisotopic (exact) mass is 198 g/mol. The van der Waals surface area contributed by atoms with Gasteiger partial charge in [-0.15, -0.1) is 0 Å². The Hall–Kier alpha value is -0.770. The third-order valence-electron chi connectivity index (χ3n) is 3.17. The van der Waals surface area contributed by atoms with Gasteiger partial charge in [0, 0.05) is 7.05 Å². The maximum absolute atomic E-state index is 11.2. The topological polar surface area (TPSA) is 41.6 Å². The summed E-state index contributed by atoms with van der Waals surface area (Å²) in [6.07, 6.45) is 6.15. The molecule has 2 aliphatic rings. The highest BCUT2D eigenvalue weighted by molar-refractivity contribution is 5.67. The fourth-order valence-electron chi connectivity index (χ4n) is 2.42. The summed E-state index contributed by atoms with van der Waals surface area (Å²) in [5, 5.41) is 1.82. The van der Waals surface area contributed by atoms with Crippen LogP contribution >= 0.6 is 0 Å². The summed E-state index contributed by atoms with van der Waals surface area (Å²) < 4.78 is 5.30. The van der Waals surface area contributed by atoms with Crippen molar-refractivity contribution in [2.24, 2.45) is 5.92 Å². The fourth-order valence-corrected chi connectivity index (χ4v) is 2.42. The van der Waals surface area contributed by atoms with Crippen LogP contribution in [0.5, 0.6) is 0 Å². The lowest BCUT2D eigenvalue weighted by Crippen LogP contribution is -2.53. The molecule has 0 spiro atoms. The second-order valence-electron chi connectivity index (χ2n) is 4.33. The molecule has 14 heavy (non-hydrogen) atoms. The van der Waals surface area contributed by atoms with Gasteiger partial charge in [-0.2, -0.15) is 0 Å². The van der Waals surface area contributed by atoms with Gasteiger partial charge in [0.2, 0.25) is 0 Å². The average Bonchev–Trinajstić information content (AvgIpc) is 2.18. The first-order valence-electron chi connectivity index (χ1n) is 5.44. The highest BCUT2D eigenvalue weighted by Crippen LogP contribution is 2.29. The number of rotatable bonds is 1. The van der Waals surface area contributed by atoms with Crippen molar-refractivity contribution in [3.63, 3.8) is 0 Å². The van der Waals surface area contributed by atoms with Crippen LogP contribution in [0.4, 0.5) is 4.79 Å². The van der Waals surface area contributed by atoms with E-state index >= 15 is 0 Å². The highest BCUT2D eigenvalue weighted by atomic mass is 16.6. The van der Waals surface area contributed by atoms with Crippen LogP contribution in [0.2, 0.25) is 0 Å². The maximum Gasteiger partial charge on any atom is 0.422 e. The van der Waals surface area contributed by atoms with E-state index in [0.29, 0.717) is 5.92 Å². The number of hydrogen-bond donors (Lipinski definition) is 1. The van der Waals surface area contributed by atoms with Crippen LogP contribution in [0.3, 0.4) is 0 Å². The van der Waals surface area contributed by atoms with Gasteiger partial charge in [-0.3, -0.25) is 5.43 Å². The van der Waals surface area contributed by atoms with Crippen molar-refractivity contribution in [1.82, 2.24) is 10.4 Å². The Balaban J connectivity index is 1.91. The lowest BCUT2D eigenvalue weighted by atomic mass is 9.85. The Bertz CT molecular complexity index is 214. The van der Waals surface area contributed by atoms with Crippen LogP contribution in [0.25, 0.3) is 0 Å². The molecule has 0 radical (unpaired) electrons. The average molecular weight is 198 g/mol. The normalized spacial score (nSPS) is 30.9. The number of amides is 1. The fraction of sp³-hybridized carbons (Fsp3) is 0.900. The van der Waals surface area contributed by atoms with Gasteiger partial charge in [0.25, 0.3) is 0 Å². The SMILES string of the molecule is CN1CC(C2CCCCC2)OC(=O)N1. The molecule has 80 valence electrons. The molecular weight excluding hydrogens is 180 g/mol. The molecule has 0 bridgehead atoms. The molecule has 1 saturated carbocycles. The molecule has 1 saturated heterocycles. The van der Waals surface area contributed by atoms with Gasteiger partial charge >= 0.3 is 6.09 Å². The molecule has 0 aromatic rings. The smallest absolute Gasteiger partial charge is 0.422 e. The summed E-state index contributed by atoms with van der Waals surface area (Å²) >= 11 is 0. The van der Waals surface area contributed by atoms with Crippen molar-refractivity contribution in [1.29, 1.82) is 0 Å². The molecule has 1 amide bonds. The molecule has 4 nitrogen and oxygen atoms in total. The first kappa shape index (κ1) is 9.77. The summed E-state index contributed by atoms with van der Waals surface area (Å²) in [6, 6.07) is 0. The van der Waals surface area contributed by atoms with Crippen molar-refractivity contribution in [3.05, 3.63) is 0 Å². The second-order valence-corrected chi connectivity index (χ2v) is 4.33. The van der Waals surface area contributed by atoms with E-state index in [2.05, 4.69) is 5.43 Å². The number of likely N-dealkylation sites (N-methyl/N-ethyl adjacent to an activating group) is 1. The number of ether oxygens (including phenoxy) is 1. The third-order valence-corrected chi connectivity index (χ3v) is 3.17. The van der Waals surface area contributed by atoms with Gasteiger partial charge in [-0.05, 0) is 18.8 Å². The minimum Gasteiger partial charge on any atom is -0.444 e. The summed E-state index contributed by atoms with van der Waals surface area (Å²) in [5.41, 5.74) is 2.62. The Morgan fingerprint density at radius 3 is 2.71 bits per heavy atom. The number of carbonyl (C=O) groups excluding carboxylic acids is 1. The summed E-state index contributed by atoms with van der Waals surface area (Å²) in [7, 11) is 1.89. The molecular formula is C10H18N2O2.